The van der Waals surface area contributed by atoms with Gasteiger partial charge in [-0.15, -0.1) is 0 Å². The van der Waals surface area contributed by atoms with Crippen molar-refractivity contribution in [1.82, 2.24) is 0 Å². The van der Waals surface area contributed by atoms with Gasteiger partial charge in [0.1, 0.15) is 0 Å². The average Bonchev–Trinajstić information content (AvgIpc) is 2.26. The van der Waals surface area contributed by atoms with Gasteiger partial charge < -0.3 is 16.2 Å². The molecule has 0 aliphatic rings. The van der Waals surface area contributed by atoms with E-state index in [1.54, 1.807) is 0 Å². The van der Waals surface area contributed by atoms with Crippen LogP contribution in [0.1, 0.15) is 23.2 Å². The summed E-state index contributed by atoms with van der Waals surface area (Å²) in [6.45, 7) is 0.411. The van der Waals surface area contributed by atoms with E-state index in [1.807, 2.05) is 0 Å². The third-order valence-electron chi connectivity index (χ3n) is 2.09. The molecule has 0 spiro atoms. The molecular formula is C11H13ClN2O3. The predicted molar refractivity (Wildman–Crippen MR) is 65.3 cm³/mol. The van der Waals surface area contributed by atoms with Crippen LogP contribution >= 0.6 is 11.6 Å². The molecule has 4 N–H and O–H groups in total. The number of benzene rings is 1. The van der Waals surface area contributed by atoms with E-state index in [4.69, 9.17) is 22.4 Å². The lowest BCUT2D eigenvalue weighted by Gasteiger charge is -2.08. The number of carbonyl (C=O) groups is 2. The number of hydrogen-bond acceptors (Lipinski definition) is 3. The van der Waals surface area contributed by atoms with Crippen molar-refractivity contribution in [2.75, 3.05) is 11.9 Å². The van der Waals surface area contributed by atoms with E-state index in [-0.39, 0.29) is 23.6 Å². The van der Waals surface area contributed by atoms with Gasteiger partial charge in [0.25, 0.3) is 0 Å². The lowest BCUT2D eigenvalue weighted by Crippen LogP contribution is -2.15. The number of amides is 1. The second-order valence-electron chi connectivity index (χ2n) is 3.44. The molecule has 92 valence electrons. The average molecular weight is 257 g/mol. The highest BCUT2D eigenvalue weighted by Gasteiger charge is 2.12. The van der Waals surface area contributed by atoms with Crippen molar-refractivity contribution in [2.45, 2.75) is 12.8 Å². The molecule has 0 atom stereocenters. The molecule has 1 amide bonds. The van der Waals surface area contributed by atoms with Gasteiger partial charge in [-0.25, -0.2) is 4.79 Å². The van der Waals surface area contributed by atoms with E-state index in [0.717, 1.165) is 0 Å². The quantitative estimate of drug-likeness (QED) is 0.748. The first kappa shape index (κ1) is 13.5. The van der Waals surface area contributed by atoms with E-state index in [2.05, 4.69) is 5.32 Å². The van der Waals surface area contributed by atoms with Gasteiger partial charge in [-0.1, -0.05) is 11.6 Å². The van der Waals surface area contributed by atoms with Gasteiger partial charge >= 0.3 is 5.97 Å². The number of carboxylic acid groups (broad SMARTS) is 1. The maximum Gasteiger partial charge on any atom is 0.337 e. The molecule has 0 aliphatic carbocycles. The zero-order valence-electron chi connectivity index (χ0n) is 9.07. The van der Waals surface area contributed by atoms with Gasteiger partial charge in [0.2, 0.25) is 5.91 Å². The first-order valence-corrected chi connectivity index (χ1v) is 5.45. The zero-order chi connectivity index (χ0) is 12.8. The summed E-state index contributed by atoms with van der Waals surface area (Å²) < 4.78 is 0. The summed E-state index contributed by atoms with van der Waals surface area (Å²) in [5.74, 6) is -1.39. The highest BCUT2D eigenvalue weighted by atomic mass is 35.5. The van der Waals surface area contributed by atoms with Crippen molar-refractivity contribution in [3.05, 3.63) is 28.8 Å². The summed E-state index contributed by atoms with van der Waals surface area (Å²) in [7, 11) is 0. The molecule has 0 saturated carbocycles. The van der Waals surface area contributed by atoms with Crippen LogP contribution in [0.15, 0.2) is 18.2 Å². The van der Waals surface area contributed by atoms with Gasteiger partial charge in [0.05, 0.1) is 11.3 Å². The Kier molecular flexibility index (Phi) is 4.93. The number of carboxylic acids is 1. The number of nitrogens with two attached hydrogens (primary N) is 1. The number of halogens is 1. The second kappa shape index (κ2) is 6.22. The molecule has 17 heavy (non-hydrogen) atoms. The molecule has 5 nitrogen and oxygen atoms in total. The molecular weight excluding hydrogens is 244 g/mol. The minimum Gasteiger partial charge on any atom is -0.478 e. The monoisotopic (exact) mass is 256 g/mol. The topological polar surface area (TPSA) is 92.4 Å². The van der Waals surface area contributed by atoms with Crippen molar-refractivity contribution in [1.29, 1.82) is 0 Å². The molecule has 0 saturated heterocycles. The molecule has 0 aliphatic heterocycles. The smallest absolute Gasteiger partial charge is 0.337 e. The highest BCUT2D eigenvalue weighted by molar-refractivity contribution is 6.31. The van der Waals surface area contributed by atoms with E-state index >= 15 is 0 Å². The minimum absolute atomic E-state index is 0.00972. The fraction of sp³-hybridized carbons (Fsp3) is 0.273. The summed E-state index contributed by atoms with van der Waals surface area (Å²) in [5.41, 5.74) is 5.49. The van der Waals surface area contributed by atoms with Gasteiger partial charge in [-0.2, -0.15) is 0 Å². The van der Waals surface area contributed by atoms with Crippen LogP contribution in [0.4, 0.5) is 5.69 Å². The normalized spacial score (nSPS) is 10.0. The number of nitrogens with one attached hydrogen (secondary N) is 1. The Hall–Kier alpha value is -1.59. The third kappa shape index (κ3) is 4.05. The van der Waals surface area contributed by atoms with E-state index < -0.39 is 5.97 Å². The summed E-state index contributed by atoms with van der Waals surface area (Å²) in [5, 5.41) is 11.8. The van der Waals surface area contributed by atoms with Gasteiger partial charge in [0, 0.05) is 11.4 Å². The van der Waals surface area contributed by atoms with Crippen LogP contribution in [-0.4, -0.2) is 23.5 Å². The predicted octanol–water partition coefficient (Wildman–Crippen LogP) is 1.72. The van der Waals surface area contributed by atoms with Crippen molar-refractivity contribution in [3.8, 4) is 0 Å². The van der Waals surface area contributed by atoms with Crippen LogP contribution in [0.2, 0.25) is 5.02 Å². The molecule has 0 unspecified atom stereocenters. The van der Waals surface area contributed by atoms with Crippen LogP contribution in [0.5, 0.6) is 0 Å². The van der Waals surface area contributed by atoms with Crippen LogP contribution in [-0.2, 0) is 4.79 Å². The fourth-order valence-corrected chi connectivity index (χ4v) is 1.45. The number of carbonyl (C=O) groups excluding carboxylic acids is 1. The first-order chi connectivity index (χ1) is 8.04. The number of rotatable bonds is 5. The van der Waals surface area contributed by atoms with Crippen molar-refractivity contribution in [2.24, 2.45) is 5.73 Å². The van der Waals surface area contributed by atoms with Gasteiger partial charge in [-0.05, 0) is 31.2 Å². The standard InChI is InChI=1S/C11H13ClN2O3/c12-7-3-4-8(11(16)17)9(6-7)14-10(15)2-1-5-13/h3-4,6H,1-2,5,13H2,(H,14,15)(H,16,17). The Bertz CT molecular complexity index is 435. The molecule has 6 heteroatoms. The molecule has 0 aromatic heterocycles. The van der Waals surface area contributed by atoms with E-state index in [0.29, 0.717) is 18.0 Å². The largest absolute Gasteiger partial charge is 0.478 e. The molecule has 0 heterocycles. The van der Waals surface area contributed by atoms with Gasteiger partial charge in [0.15, 0.2) is 0 Å². The Morgan fingerprint density at radius 3 is 2.71 bits per heavy atom. The first-order valence-electron chi connectivity index (χ1n) is 5.07. The SMILES string of the molecule is NCCCC(=O)Nc1cc(Cl)ccc1C(=O)O. The lowest BCUT2D eigenvalue weighted by molar-refractivity contribution is -0.116. The van der Waals surface area contributed by atoms with Crippen LogP contribution in [0.25, 0.3) is 0 Å². The van der Waals surface area contributed by atoms with Crippen LogP contribution in [0.3, 0.4) is 0 Å². The molecule has 1 aromatic rings. The Morgan fingerprint density at radius 2 is 2.12 bits per heavy atom. The molecule has 1 aromatic carbocycles. The number of hydrogen-bond donors (Lipinski definition) is 3. The van der Waals surface area contributed by atoms with Gasteiger partial charge in [-0.3, -0.25) is 4.79 Å². The number of anilines is 1. The third-order valence-corrected chi connectivity index (χ3v) is 2.33. The van der Waals surface area contributed by atoms with Crippen LogP contribution < -0.4 is 11.1 Å². The Balaban J connectivity index is 2.85. The van der Waals surface area contributed by atoms with Crippen LogP contribution in [0, 0.1) is 0 Å². The molecule has 0 fully saturated rings. The number of aromatic carboxylic acids is 1. The molecule has 0 bridgehead atoms. The van der Waals surface area contributed by atoms with E-state index in [1.165, 1.54) is 18.2 Å². The second-order valence-corrected chi connectivity index (χ2v) is 3.87. The summed E-state index contributed by atoms with van der Waals surface area (Å²) in [4.78, 5) is 22.4. The summed E-state index contributed by atoms with van der Waals surface area (Å²) >= 11 is 5.75. The fourth-order valence-electron chi connectivity index (χ4n) is 1.28. The maximum absolute atomic E-state index is 11.5. The summed E-state index contributed by atoms with van der Waals surface area (Å²) in [6, 6.07) is 4.22. The highest BCUT2D eigenvalue weighted by Crippen LogP contribution is 2.21. The summed E-state index contributed by atoms with van der Waals surface area (Å²) in [6.07, 6.45) is 0.802. The van der Waals surface area contributed by atoms with E-state index in [9.17, 15) is 9.59 Å². The van der Waals surface area contributed by atoms with Crippen molar-refractivity contribution in [3.63, 3.8) is 0 Å². The maximum atomic E-state index is 11.5. The van der Waals surface area contributed by atoms with Crippen molar-refractivity contribution < 1.29 is 14.7 Å². The zero-order valence-corrected chi connectivity index (χ0v) is 9.83. The molecule has 0 radical (unpaired) electrons. The minimum atomic E-state index is -1.12. The lowest BCUT2D eigenvalue weighted by atomic mass is 10.1. The Labute approximate surface area is 104 Å². The Morgan fingerprint density at radius 1 is 1.41 bits per heavy atom. The van der Waals surface area contributed by atoms with Crippen molar-refractivity contribution >= 4 is 29.2 Å². The molecule has 1 rings (SSSR count).